The Balaban J connectivity index is 1.16. The van der Waals surface area contributed by atoms with Gasteiger partial charge in [0.25, 0.3) is 0 Å². The Morgan fingerprint density at radius 3 is 2.19 bits per heavy atom. The number of benzene rings is 2. The van der Waals surface area contributed by atoms with Crippen LogP contribution >= 0.6 is 0 Å². The van der Waals surface area contributed by atoms with Crippen LogP contribution in [0.5, 0.6) is 0 Å². The lowest BCUT2D eigenvalue weighted by molar-refractivity contribution is -0.199. The summed E-state index contributed by atoms with van der Waals surface area (Å²) in [4.78, 5) is 39.2. The first-order valence-corrected chi connectivity index (χ1v) is 15.8. The number of primary amides is 1. The molecule has 4 N–H and O–H groups in total. The minimum atomic E-state index is -1.10. The smallest absolute Gasteiger partial charge is 0.404 e. The van der Waals surface area contributed by atoms with E-state index in [0.717, 1.165) is 35.1 Å². The van der Waals surface area contributed by atoms with Crippen molar-refractivity contribution in [2.45, 2.75) is 96.3 Å². The van der Waals surface area contributed by atoms with Crippen LogP contribution in [0.25, 0.3) is 11.1 Å². The van der Waals surface area contributed by atoms with Gasteiger partial charge in [-0.25, -0.2) is 0 Å². The molecule has 7 rings (SSSR count). The van der Waals surface area contributed by atoms with Crippen LogP contribution in [0.1, 0.15) is 83.8 Å². The first kappa shape index (κ1) is 29.9. The second-order valence-corrected chi connectivity index (χ2v) is 14.3. The number of hydrogen-bond donors (Lipinski definition) is 3. The van der Waals surface area contributed by atoms with Crippen molar-refractivity contribution in [2.24, 2.45) is 28.9 Å². The van der Waals surface area contributed by atoms with E-state index in [1.165, 1.54) is 0 Å². The number of amides is 3. The molecular weight excluding hydrogens is 541 g/mol. The minimum Gasteiger partial charge on any atom is -0.404 e. The second-order valence-electron chi connectivity index (χ2n) is 14.3. The summed E-state index contributed by atoms with van der Waals surface area (Å²) in [5.41, 5.74) is 9.75. The van der Waals surface area contributed by atoms with Gasteiger partial charge >= 0.3 is 7.12 Å². The average molecular weight is 586 g/mol. The Morgan fingerprint density at radius 2 is 1.60 bits per heavy atom. The number of fused-ring (bicyclic) bond motifs is 3. The molecule has 0 unspecified atom stereocenters. The Labute approximate surface area is 255 Å². The Bertz CT molecular complexity index is 1380. The lowest BCUT2D eigenvalue weighted by Crippen LogP contribution is -2.65. The van der Waals surface area contributed by atoms with Crippen LogP contribution in [0.15, 0.2) is 48.5 Å². The van der Waals surface area contributed by atoms with Crippen LogP contribution in [-0.4, -0.2) is 48.5 Å². The van der Waals surface area contributed by atoms with Crippen molar-refractivity contribution in [3.8, 4) is 11.1 Å². The van der Waals surface area contributed by atoms with Gasteiger partial charge in [0.05, 0.1) is 24.1 Å². The first-order valence-electron chi connectivity index (χ1n) is 15.8. The molecule has 5 aliphatic rings. The second kappa shape index (κ2) is 11.1. The van der Waals surface area contributed by atoms with Gasteiger partial charge in [0.15, 0.2) is 0 Å². The van der Waals surface area contributed by atoms with Gasteiger partial charge in [0, 0.05) is 12.3 Å². The van der Waals surface area contributed by atoms with Crippen LogP contribution in [0.3, 0.4) is 0 Å². The molecule has 1 saturated heterocycles. The molecule has 4 fully saturated rings. The number of hydrogen-bond acceptors (Lipinski definition) is 5. The van der Waals surface area contributed by atoms with Crippen molar-refractivity contribution in [2.75, 3.05) is 0 Å². The number of rotatable bonds is 10. The third-order valence-corrected chi connectivity index (χ3v) is 10.8. The molecule has 9 heteroatoms. The van der Waals surface area contributed by atoms with Gasteiger partial charge in [0.1, 0.15) is 6.04 Å². The van der Waals surface area contributed by atoms with Gasteiger partial charge in [-0.05, 0) is 71.6 Å². The lowest BCUT2D eigenvalue weighted by atomic mass is 9.43. The highest BCUT2D eigenvalue weighted by Crippen LogP contribution is 2.65. The molecule has 1 heterocycles. The lowest BCUT2D eigenvalue weighted by Gasteiger charge is -2.64. The third kappa shape index (κ3) is 5.29. The predicted octanol–water partition coefficient (Wildman–Crippen LogP) is 4.35. The fourth-order valence-electron chi connectivity index (χ4n) is 8.43. The van der Waals surface area contributed by atoms with Gasteiger partial charge in [-0.3, -0.25) is 14.4 Å². The summed E-state index contributed by atoms with van der Waals surface area (Å²) < 4.78 is 13.2. The Morgan fingerprint density at radius 1 is 0.977 bits per heavy atom. The maximum absolute atomic E-state index is 13.7. The van der Waals surface area contributed by atoms with Gasteiger partial charge in [0.2, 0.25) is 17.7 Å². The van der Waals surface area contributed by atoms with Gasteiger partial charge in [-0.1, -0.05) is 76.2 Å². The van der Waals surface area contributed by atoms with Gasteiger partial charge < -0.3 is 25.7 Å². The van der Waals surface area contributed by atoms with Crippen molar-refractivity contribution in [3.63, 3.8) is 0 Å². The van der Waals surface area contributed by atoms with E-state index in [-0.39, 0.29) is 42.1 Å². The number of nitrogens with one attached hydrogen (secondary N) is 2. The summed E-state index contributed by atoms with van der Waals surface area (Å²) in [7, 11) is -0.604. The maximum atomic E-state index is 13.7. The third-order valence-electron chi connectivity index (χ3n) is 10.8. The summed E-state index contributed by atoms with van der Waals surface area (Å²) >= 11 is 0. The molecule has 228 valence electrons. The molecular formula is C34H44BN3O5. The van der Waals surface area contributed by atoms with Crippen LogP contribution in [0, 0.1) is 23.2 Å². The highest BCUT2D eigenvalue weighted by Gasteiger charge is 2.68. The molecule has 43 heavy (non-hydrogen) atoms. The van der Waals surface area contributed by atoms with E-state index >= 15 is 0 Å². The molecule has 0 aromatic heterocycles. The molecule has 0 spiro atoms. The quantitative estimate of drug-likeness (QED) is 0.359. The largest absolute Gasteiger partial charge is 0.481 e. The van der Waals surface area contributed by atoms with Crippen molar-refractivity contribution in [1.82, 2.24) is 10.6 Å². The fourth-order valence-corrected chi connectivity index (χ4v) is 8.43. The van der Waals surface area contributed by atoms with E-state index in [4.69, 9.17) is 15.0 Å². The molecule has 8 nitrogen and oxygen atoms in total. The Hall–Kier alpha value is -3.17. The fraction of sp³-hybridized carbons (Fsp3) is 0.559. The SMILES string of the molecule is CC(C)C[C@H](NC(=O)[C@H](CC(N)=O)NC(=O)CC1c2ccccc2-c2ccccc21)B1O[C@@H]2C[C@@H]3C[C@@H](C3(C)C)[C@]2(C)O1. The number of carbonyl (C=O) groups is 3. The number of nitrogens with two attached hydrogens (primary N) is 1. The maximum Gasteiger partial charge on any atom is 0.481 e. The van der Waals surface area contributed by atoms with Crippen molar-refractivity contribution < 1.29 is 23.7 Å². The summed E-state index contributed by atoms with van der Waals surface area (Å²) in [6.07, 6.45) is 2.56. The van der Waals surface area contributed by atoms with Crippen LogP contribution in [0.2, 0.25) is 0 Å². The predicted molar refractivity (Wildman–Crippen MR) is 166 cm³/mol. The van der Waals surface area contributed by atoms with E-state index in [1.54, 1.807) is 0 Å². The summed E-state index contributed by atoms with van der Waals surface area (Å²) in [6, 6.07) is 15.1. The van der Waals surface area contributed by atoms with Crippen LogP contribution in [-0.2, 0) is 23.7 Å². The van der Waals surface area contributed by atoms with Gasteiger partial charge in [-0.2, -0.15) is 0 Å². The molecule has 2 bridgehead atoms. The topological polar surface area (TPSA) is 120 Å². The van der Waals surface area contributed by atoms with Crippen molar-refractivity contribution in [1.29, 1.82) is 0 Å². The van der Waals surface area contributed by atoms with E-state index in [2.05, 4.69) is 57.4 Å². The van der Waals surface area contributed by atoms with Crippen molar-refractivity contribution in [3.05, 3.63) is 59.7 Å². The zero-order chi connectivity index (χ0) is 30.7. The van der Waals surface area contributed by atoms with E-state index in [9.17, 15) is 14.4 Å². The monoisotopic (exact) mass is 585 g/mol. The Kier molecular flexibility index (Phi) is 7.70. The molecule has 3 amide bonds. The molecule has 2 aromatic carbocycles. The van der Waals surface area contributed by atoms with E-state index < -0.39 is 36.5 Å². The molecule has 6 atom stereocenters. The normalized spacial score (nSPS) is 27.9. The first-order chi connectivity index (χ1) is 20.4. The summed E-state index contributed by atoms with van der Waals surface area (Å²) in [5.74, 6) is -0.735. The van der Waals surface area contributed by atoms with Crippen LogP contribution in [0.4, 0.5) is 0 Å². The van der Waals surface area contributed by atoms with E-state index in [1.807, 2.05) is 36.4 Å². The molecule has 1 aliphatic heterocycles. The van der Waals surface area contributed by atoms with Crippen LogP contribution < -0.4 is 16.4 Å². The standard InChI is InChI=1S/C34H44BN3O5/c1-19(2)14-29(35-42-28-16-20-15-27(33(20,3)4)34(28,5)43-35)38-32(41)26(18-30(36)39)37-31(40)17-25-23-12-8-6-10-21(23)22-11-7-9-13-24(22)25/h6-13,19-20,25-29H,14-18H2,1-5H3,(H2,36,39)(H,37,40)(H,38,41)/t20-,26-,27-,28+,29-,34-/m0/s1. The minimum absolute atomic E-state index is 0.0147. The highest BCUT2D eigenvalue weighted by molar-refractivity contribution is 6.48. The van der Waals surface area contributed by atoms with E-state index in [0.29, 0.717) is 18.3 Å². The molecule has 3 saturated carbocycles. The molecule has 2 aromatic rings. The zero-order valence-corrected chi connectivity index (χ0v) is 25.9. The summed E-state index contributed by atoms with van der Waals surface area (Å²) in [5, 5.41) is 5.93. The summed E-state index contributed by atoms with van der Waals surface area (Å²) in [6.45, 7) is 11.0. The molecule has 0 radical (unpaired) electrons. The van der Waals surface area contributed by atoms with Crippen molar-refractivity contribution >= 4 is 24.8 Å². The number of carbonyl (C=O) groups excluding carboxylic acids is 3. The zero-order valence-electron chi connectivity index (χ0n) is 25.9. The molecule has 4 aliphatic carbocycles. The average Bonchev–Trinajstić information content (AvgIpc) is 3.47. The van der Waals surface area contributed by atoms with Gasteiger partial charge in [-0.15, -0.1) is 0 Å². The highest BCUT2D eigenvalue weighted by atomic mass is 16.7.